The van der Waals surface area contributed by atoms with E-state index >= 15 is 0 Å². The molecule has 4 aromatic rings. The lowest BCUT2D eigenvalue weighted by atomic mass is 9.97. The van der Waals surface area contributed by atoms with E-state index in [-0.39, 0.29) is 0 Å². The third-order valence-corrected chi connectivity index (χ3v) is 8.05. The maximum Gasteiger partial charge on any atom is 0.340 e. The van der Waals surface area contributed by atoms with Crippen molar-refractivity contribution in [2.45, 2.75) is 30.7 Å². The molecule has 1 saturated heterocycles. The molecule has 52 heavy (non-hydrogen) atoms. The number of carbonyl (C=O) groups is 2. The topological polar surface area (TPSA) is 343 Å². The number of aliphatic hydroxyl groups excluding tert-OH is 1. The number of benzene rings is 4. The molecule has 274 valence electrons. The summed E-state index contributed by atoms with van der Waals surface area (Å²) in [5.74, 6) is -16.2. The molecular formula is C32H26O20. The average molecular weight is 731 g/mol. The van der Waals surface area contributed by atoms with Gasteiger partial charge in [0.25, 0.3) is 0 Å². The summed E-state index contributed by atoms with van der Waals surface area (Å²) in [7, 11) is 0. The fraction of sp³-hybridized carbons (Fsp3) is 0.188. The maximum absolute atomic E-state index is 13.3. The smallest absolute Gasteiger partial charge is 0.340 e. The molecule has 0 unspecified atom stereocenters. The summed E-state index contributed by atoms with van der Waals surface area (Å²) in [5, 5.41) is 133. The molecule has 6 rings (SSSR count). The van der Waals surface area contributed by atoms with Crippen LogP contribution in [-0.4, -0.2) is 116 Å². The maximum atomic E-state index is 13.3. The van der Waals surface area contributed by atoms with E-state index in [2.05, 4.69) is 0 Å². The minimum absolute atomic E-state index is 0.499. The highest BCUT2D eigenvalue weighted by Gasteiger charge is 2.52. The second-order valence-electron chi connectivity index (χ2n) is 11.4. The van der Waals surface area contributed by atoms with E-state index in [4.69, 9.17) is 23.7 Å². The molecule has 13 N–H and O–H groups in total. The Morgan fingerprint density at radius 1 is 0.558 bits per heavy atom. The lowest BCUT2D eigenvalue weighted by Gasteiger charge is -2.42. The van der Waals surface area contributed by atoms with Crippen molar-refractivity contribution in [3.8, 4) is 91.6 Å². The zero-order chi connectivity index (χ0) is 37.9. The Morgan fingerprint density at radius 2 is 0.981 bits per heavy atom. The fourth-order valence-electron chi connectivity index (χ4n) is 5.45. The number of ether oxygens (including phenoxy) is 5. The van der Waals surface area contributed by atoms with Gasteiger partial charge in [0.05, 0.1) is 22.3 Å². The van der Waals surface area contributed by atoms with Gasteiger partial charge in [-0.1, -0.05) is 0 Å². The van der Waals surface area contributed by atoms with Crippen LogP contribution in [0, 0.1) is 0 Å². The highest BCUT2D eigenvalue weighted by molar-refractivity contribution is 5.93. The van der Waals surface area contributed by atoms with Crippen molar-refractivity contribution in [1.29, 1.82) is 0 Å². The van der Waals surface area contributed by atoms with Gasteiger partial charge in [-0.05, 0) is 24.3 Å². The zero-order valence-corrected chi connectivity index (χ0v) is 25.7. The predicted molar refractivity (Wildman–Crippen MR) is 164 cm³/mol. The highest BCUT2D eigenvalue weighted by atomic mass is 16.7. The summed E-state index contributed by atoms with van der Waals surface area (Å²) in [6, 6.07) is 4.21. The molecule has 2 heterocycles. The third-order valence-electron chi connectivity index (χ3n) is 8.05. The Labute approximate surface area is 288 Å². The van der Waals surface area contributed by atoms with Gasteiger partial charge < -0.3 is 90.1 Å². The number of hydrogen-bond donors (Lipinski definition) is 13. The number of aliphatic hydroxyl groups is 1. The Balaban J connectivity index is 1.45. The number of aromatic hydroxyl groups is 12. The van der Waals surface area contributed by atoms with E-state index in [9.17, 15) is 76.0 Å². The Kier molecular flexibility index (Phi) is 8.48. The van der Waals surface area contributed by atoms with Crippen molar-refractivity contribution in [3.05, 3.63) is 47.5 Å². The molecule has 0 aromatic heterocycles. The van der Waals surface area contributed by atoms with Crippen LogP contribution in [0.25, 0.3) is 11.1 Å². The lowest BCUT2D eigenvalue weighted by Crippen LogP contribution is -2.63. The molecule has 20 nitrogen and oxygen atoms in total. The van der Waals surface area contributed by atoms with E-state index in [1.165, 1.54) is 0 Å². The molecule has 0 saturated carbocycles. The first-order chi connectivity index (χ1) is 24.5. The molecular weight excluding hydrogens is 704 g/mol. The van der Waals surface area contributed by atoms with Crippen LogP contribution in [0.5, 0.6) is 80.5 Å². The van der Waals surface area contributed by atoms with Gasteiger partial charge in [0.1, 0.15) is 30.3 Å². The average Bonchev–Trinajstić information content (AvgIpc) is 3.15. The van der Waals surface area contributed by atoms with Gasteiger partial charge in [-0.3, -0.25) is 0 Å². The van der Waals surface area contributed by atoms with E-state index < -0.39 is 152 Å². The van der Waals surface area contributed by atoms with Gasteiger partial charge in [0.15, 0.2) is 69.7 Å². The van der Waals surface area contributed by atoms with E-state index in [1.807, 2.05) is 0 Å². The number of esters is 2. The minimum atomic E-state index is -2.17. The first kappa shape index (κ1) is 34.8. The standard InChI is InChI=1S/C32H26O20/c33-10-1-8(2-11(34)21(10)39)30(46)51-29-27(45)28-18(50-32(29)52-31(47)9-3-12(35)22(40)13(36)4-9)7-48-16-5-14(37)23(41)25(43)19(16)20-17(49-28)6-15(38)24(42)26(20)44/h1-6,18,27-29,32-45H,7H2/t18-,27+,28-,29-,32+/m1/s1. The van der Waals surface area contributed by atoms with Gasteiger partial charge >= 0.3 is 11.9 Å². The van der Waals surface area contributed by atoms with Crippen LogP contribution in [0.3, 0.4) is 0 Å². The molecule has 1 fully saturated rings. The Morgan fingerprint density at radius 3 is 1.48 bits per heavy atom. The molecule has 0 amide bonds. The van der Waals surface area contributed by atoms with Gasteiger partial charge in [-0.15, -0.1) is 0 Å². The van der Waals surface area contributed by atoms with Gasteiger partial charge in [0, 0.05) is 12.1 Å². The van der Waals surface area contributed by atoms with Crippen molar-refractivity contribution in [1.82, 2.24) is 0 Å². The molecule has 0 bridgehead atoms. The van der Waals surface area contributed by atoms with Gasteiger partial charge in [0.2, 0.25) is 17.8 Å². The monoisotopic (exact) mass is 730 g/mol. The second-order valence-corrected chi connectivity index (χ2v) is 11.4. The molecule has 2 aliphatic rings. The number of hydrogen-bond acceptors (Lipinski definition) is 20. The van der Waals surface area contributed by atoms with Crippen LogP contribution < -0.4 is 9.47 Å². The van der Waals surface area contributed by atoms with Crippen LogP contribution in [-0.2, 0) is 14.2 Å². The third kappa shape index (κ3) is 5.82. The number of rotatable bonds is 4. The predicted octanol–water partition coefficient (Wildman–Crippen LogP) is 1.13. The molecule has 20 heteroatoms. The Hall–Kier alpha value is -7.06. The summed E-state index contributed by atoms with van der Waals surface area (Å²) < 4.78 is 28.2. The zero-order valence-electron chi connectivity index (χ0n) is 25.7. The second kappa shape index (κ2) is 12.7. The molecule has 2 aliphatic heterocycles. The number of fused-ring (bicyclic) bond motifs is 4. The summed E-state index contributed by atoms with van der Waals surface area (Å²) >= 11 is 0. The fourth-order valence-corrected chi connectivity index (χ4v) is 5.45. The number of phenolic OH excluding ortho intramolecular Hbond substituents is 12. The van der Waals surface area contributed by atoms with Crippen molar-refractivity contribution in [2.24, 2.45) is 0 Å². The first-order valence-electron chi connectivity index (χ1n) is 14.6. The summed E-state index contributed by atoms with van der Waals surface area (Å²) in [4.78, 5) is 26.5. The first-order valence-corrected chi connectivity index (χ1v) is 14.6. The molecule has 4 aromatic carbocycles. The van der Waals surface area contributed by atoms with Crippen molar-refractivity contribution < 1.29 is 99.7 Å². The van der Waals surface area contributed by atoms with E-state index in [1.54, 1.807) is 0 Å². The SMILES string of the molecule is O=C(O[C@@H]1O[C@@H]2COc3cc(O)c(O)c(O)c3-c3c(cc(O)c(O)c3O)O[C@H]2[C@H](O)[C@H]1OC(=O)c1cc(O)c(O)c(O)c1)c1cc(O)c(O)c(O)c1. The molecule has 0 radical (unpaired) electrons. The largest absolute Gasteiger partial charge is 0.504 e. The molecule has 0 spiro atoms. The van der Waals surface area contributed by atoms with Crippen LogP contribution in [0.15, 0.2) is 36.4 Å². The van der Waals surface area contributed by atoms with Crippen molar-refractivity contribution in [3.63, 3.8) is 0 Å². The van der Waals surface area contributed by atoms with E-state index in [0.29, 0.717) is 30.3 Å². The van der Waals surface area contributed by atoms with Crippen LogP contribution in [0.2, 0.25) is 0 Å². The summed E-state index contributed by atoms with van der Waals surface area (Å²) in [6.45, 7) is -0.750. The quantitative estimate of drug-likeness (QED) is 0.103. The summed E-state index contributed by atoms with van der Waals surface area (Å²) in [6.07, 6.45) is -9.91. The van der Waals surface area contributed by atoms with Crippen molar-refractivity contribution in [2.75, 3.05) is 6.61 Å². The van der Waals surface area contributed by atoms with E-state index in [0.717, 1.165) is 6.07 Å². The summed E-state index contributed by atoms with van der Waals surface area (Å²) in [5.41, 5.74) is -2.46. The molecule has 5 atom stereocenters. The Bertz CT molecular complexity index is 2080. The van der Waals surface area contributed by atoms with Crippen molar-refractivity contribution >= 4 is 11.9 Å². The van der Waals surface area contributed by atoms with Crippen LogP contribution in [0.1, 0.15) is 20.7 Å². The molecule has 0 aliphatic carbocycles. The lowest BCUT2D eigenvalue weighted by molar-refractivity contribution is -0.278. The number of phenols is 12. The van der Waals surface area contributed by atoms with Gasteiger partial charge in [-0.2, -0.15) is 0 Å². The number of carbonyl (C=O) groups excluding carboxylic acids is 2. The van der Waals surface area contributed by atoms with Gasteiger partial charge in [-0.25, -0.2) is 9.59 Å². The highest BCUT2D eigenvalue weighted by Crippen LogP contribution is 2.57. The normalized spacial score (nSPS) is 20.7. The minimum Gasteiger partial charge on any atom is -0.504 e. The van der Waals surface area contributed by atoms with Crippen LogP contribution in [0.4, 0.5) is 0 Å². The van der Waals surface area contributed by atoms with Crippen LogP contribution >= 0.6 is 0 Å².